The van der Waals surface area contributed by atoms with Gasteiger partial charge in [0.25, 0.3) is 5.91 Å². The van der Waals surface area contributed by atoms with Gasteiger partial charge in [-0.3, -0.25) is 4.79 Å². The smallest absolute Gasteiger partial charge is 0.339 e. The van der Waals surface area contributed by atoms with E-state index in [0.717, 1.165) is 0 Å². The van der Waals surface area contributed by atoms with E-state index in [0.29, 0.717) is 10.6 Å². The highest BCUT2D eigenvalue weighted by atomic mass is 16.2. The number of terminal acetylenes is 1. The molecule has 80 valence electrons. The second-order valence-corrected chi connectivity index (χ2v) is 3.05. The van der Waals surface area contributed by atoms with Gasteiger partial charge in [0.15, 0.2) is 0 Å². The van der Waals surface area contributed by atoms with Crippen LogP contribution in [0.15, 0.2) is 11.4 Å². The van der Waals surface area contributed by atoms with E-state index in [4.69, 9.17) is 12.2 Å². The summed E-state index contributed by atoms with van der Waals surface area (Å²) in [5, 5.41) is 2.76. The average Bonchev–Trinajstić information content (AvgIpc) is 2.30. The lowest BCUT2D eigenvalue weighted by atomic mass is 10.3. The molecular formula is C9H12N4O2. The van der Waals surface area contributed by atoms with E-state index >= 15 is 0 Å². The number of nitrogens with two attached hydrogens (primary N) is 1. The third kappa shape index (κ3) is 1.72. The average molecular weight is 208 g/mol. The van der Waals surface area contributed by atoms with Crippen LogP contribution in [-0.4, -0.2) is 42.4 Å². The second kappa shape index (κ2) is 3.92. The number of imide groups is 1. The van der Waals surface area contributed by atoms with E-state index in [-0.39, 0.29) is 12.2 Å². The minimum atomic E-state index is -0.670. The van der Waals surface area contributed by atoms with Crippen LogP contribution in [0, 0.1) is 12.5 Å². The van der Waals surface area contributed by atoms with Gasteiger partial charge >= 0.3 is 6.03 Å². The fraction of sp³-hybridized carbons (Fsp3) is 0.333. The second-order valence-electron chi connectivity index (χ2n) is 3.05. The zero-order chi connectivity index (χ0) is 11.6. The monoisotopic (exact) mass is 208 g/mol. The largest absolute Gasteiger partial charge is 0.393 e. The number of amides is 3. The summed E-state index contributed by atoms with van der Waals surface area (Å²) in [6.45, 7) is 0.227. The molecule has 6 heteroatoms. The van der Waals surface area contributed by atoms with Crippen LogP contribution in [0.4, 0.5) is 4.79 Å². The molecule has 0 unspecified atom stereocenters. The molecule has 0 atom stereocenters. The van der Waals surface area contributed by atoms with E-state index in [1.807, 2.05) is 6.04 Å². The summed E-state index contributed by atoms with van der Waals surface area (Å²) in [5.41, 5.74) is 6.02. The lowest BCUT2D eigenvalue weighted by molar-refractivity contribution is -0.122. The molecule has 0 aliphatic carbocycles. The van der Waals surface area contributed by atoms with Crippen LogP contribution in [0.3, 0.4) is 0 Å². The molecule has 1 aliphatic rings. The van der Waals surface area contributed by atoms with E-state index in [2.05, 4.69) is 5.32 Å². The molecule has 0 saturated carbocycles. The first-order valence-corrected chi connectivity index (χ1v) is 4.25. The van der Waals surface area contributed by atoms with Crippen LogP contribution in [0.5, 0.6) is 0 Å². The zero-order valence-corrected chi connectivity index (χ0v) is 8.57. The van der Waals surface area contributed by atoms with Gasteiger partial charge in [0.2, 0.25) is 0 Å². The summed E-state index contributed by atoms with van der Waals surface area (Å²) in [6.07, 6.45) is 5.07. The third-order valence-corrected chi connectivity index (χ3v) is 2.10. The maximum atomic E-state index is 11.6. The van der Waals surface area contributed by atoms with E-state index < -0.39 is 11.9 Å². The van der Waals surface area contributed by atoms with Gasteiger partial charge in [-0.25, -0.2) is 4.79 Å². The summed E-state index contributed by atoms with van der Waals surface area (Å²) in [7, 11) is 3.16. The van der Waals surface area contributed by atoms with E-state index in [9.17, 15) is 9.59 Å². The molecule has 1 rings (SSSR count). The van der Waals surface area contributed by atoms with Gasteiger partial charge in [0.05, 0.1) is 12.2 Å². The molecule has 3 N–H and O–H groups in total. The molecular weight excluding hydrogens is 196 g/mol. The van der Waals surface area contributed by atoms with Gasteiger partial charge in [-0.2, -0.15) is 4.90 Å². The summed E-state index contributed by atoms with van der Waals surface area (Å²) in [4.78, 5) is 25.1. The summed E-state index contributed by atoms with van der Waals surface area (Å²) < 4.78 is 0. The highest BCUT2D eigenvalue weighted by Crippen LogP contribution is 2.10. The van der Waals surface area contributed by atoms with Crippen molar-refractivity contribution < 1.29 is 9.59 Å². The SMILES string of the molecule is C#CN1C(=O)C(N)=C(NC)CN(C)C1=O. The Morgan fingerprint density at radius 2 is 2.13 bits per heavy atom. The number of rotatable bonds is 1. The molecule has 0 fully saturated rings. The maximum absolute atomic E-state index is 11.6. The molecule has 0 aromatic carbocycles. The number of likely N-dealkylation sites (N-methyl/N-ethyl adjacent to an activating group) is 2. The van der Waals surface area contributed by atoms with Crippen molar-refractivity contribution in [1.82, 2.24) is 15.1 Å². The molecule has 0 saturated heterocycles. The Morgan fingerprint density at radius 3 is 2.60 bits per heavy atom. The summed E-state index contributed by atoms with van der Waals surface area (Å²) >= 11 is 0. The zero-order valence-electron chi connectivity index (χ0n) is 8.57. The lowest BCUT2D eigenvalue weighted by Crippen LogP contribution is -2.40. The number of urea groups is 1. The molecule has 1 aliphatic heterocycles. The van der Waals surface area contributed by atoms with Crippen molar-refractivity contribution in [3.8, 4) is 12.5 Å². The van der Waals surface area contributed by atoms with Crippen LogP contribution in [0.25, 0.3) is 0 Å². The van der Waals surface area contributed by atoms with Gasteiger partial charge in [0, 0.05) is 20.1 Å². The van der Waals surface area contributed by atoms with Crippen molar-refractivity contribution in [1.29, 1.82) is 0 Å². The fourth-order valence-electron chi connectivity index (χ4n) is 1.22. The van der Waals surface area contributed by atoms with Crippen LogP contribution in [0.1, 0.15) is 0 Å². The standard InChI is InChI=1S/C9H12N4O2/c1-4-13-8(14)7(10)6(11-2)5-12(3)9(13)15/h1,11H,5,10H2,2-3H3. The summed E-state index contributed by atoms with van der Waals surface area (Å²) in [6, 6.07) is 1.44. The van der Waals surface area contributed by atoms with Crippen molar-refractivity contribution >= 4 is 11.9 Å². The molecule has 0 bridgehead atoms. The van der Waals surface area contributed by atoms with Crippen LogP contribution < -0.4 is 11.1 Å². The Balaban J connectivity index is 3.20. The molecule has 6 nitrogen and oxygen atoms in total. The van der Waals surface area contributed by atoms with E-state index in [1.165, 1.54) is 11.9 Å². The predicted molar refractivity (Wildman–Crippen MR) is 54.0 cm³/mol. The first kappa shape index (κ1) is 10.9. The number of nitrogens with zero attached hydrogens (tertiary/aromatic N) is 2. The van der Waals surface area contributed by atoms with Crippen LogP contribution >= 0.6 is 0 Å². The van der Waals surface area contributed by atoms with Gasteiger partial charge in [-0.15, -0.1) is 0 Å². The van der Waals surface area contributed by atoms with Gasteiger partial charge in [-0.1, -0.05) is 6.42 Å². The highest BCUT2D eigenvalue weighted by molar-refractivity contribution is 6.06. The molecule has 3 amide bonds. The van der Waals surface area contributed by atoms with Crippen molar-refractivity contribution in [3.63, 3.8) is 0 Å². The maximum Gasteiger partial charge on any atom is 0.339 e. The van der Waals surface area contributed by atoms with Crippen LogP contribution in [0.2, 0.25) is 0 Å². The Hall–Kier alpha value is -2.16. The minimum absolute atomic E-state index is 0.0341. The number of nitrogens with one attached hydrogen (secondary N) is 1. The van der Waals surface area contributed by atoms with Crippen molar-refractivity contribution in [2.45, 2.75) is 0 Å². The lowest BCUT2D eigenvalue weighted by Gasteiger charge is -2.18. The minimum Gasteiger partial charge on any atom is -0.393 e. The Labute approximate surface area is 87.7 Å². The Bertz CT molecular complexity index is 380. The Morgan fingerprint density at radius 1 is 1.53 bits per heavy atom. The molecule has 0 aromatic rings. The Kier molecular flexibility index (Phi) is 2.85. The highest BCUT2D eigenvalue weighted by Gasteiger charge is 2.30. The molecule has 1 heterocycles. The van der Waals surface area contributed by atoms with Gasteiger partial charge in [0.1, 0.15) is 5.70 Å². The number of carbonyl (C=O) groups excluding carboxylic acids is 2. The first-order chi connectivity index (χ1) is 7.02. The predicted octanol–water partition coefficient (Wildman–Crippen LogP) is -1.14. The van der Waals surface area contributed by atoms with Gasteiger partial charge in [-0.05, 0) is 0 Å². The fourth-order valence-corrected chi connectivity index (χ4v) is 1.22. The topological polar surface area (TPSA) is 78.7 Å². The molecule has 15 heavy (non-hydrogen) atoms. The number of hydrogen-bond acceptors (Lipinski definition) is 4. The quantitative estimate of drug-likeness (QED) is 0.534. The first-order valence-electron chi connectivity index (χ1n) is 4.25. The van der Waals surface area contributed by atoms with Gasteiger partial charge < -0.3 is 16.0 Å². The third-order valence-electron chi connectivity index (χ3n) is 2.10. The van der Waals surface area contributed by atoms with E-state index in [1.54, 1.807) is 7.05 Å². The van der Waals surface area contributed by atoms with Crippen LogP contribution in [-0.2, 0) is 4.79 Å². The molecule has 0 spiro atoms. The molecule has 0 aromatic heterocycles. The number of hydrogen-bond donors (Lipinski definition) is 2. The summed E-state index contributed by atoms with van der Waals surface area (Å²) in [5.74, 6) is -0.670. The van der Waals surface area contributed by atoms with Crippen molar-refractivity contribution in [2.24, 2.45) is 5.73 Å². The van der Waals surface area contributed by atoms with Crippen molar-refractivity contribution in [2.75, 3.05) is 20.6 Å². The molecule has 0 radical (unpaired) electrons. The number of carbonyl (C=O) groups is 2. The normalized spacial score (nSPS) is 17.7. The van der Waals surface area contributed by atoms with Crippen molar-refractivity contribution in [3.05, 3.63) is 11.4 Å².